The SMILES string of the molecule is COc1cc(C)cc(OC)c1[C@H]1CCN1. The Balaban J connectivity index is 2.46. The van der Waals surface area contributed by atoms with Gasteiger partial charge in [-0.2, -0.15) is 0 Å². The van der Waals surface area contributed by atoms with Crippen molar-refractivity contribution < 1.29 is 9.47 Å². The van der Waals surface area contributed by atoms with Crippen molar-refractivity contribution >= 4 is 0 Å². The zero-order valence-corrected chi connectivity index (χ0v) is 9.46. The van der Waals surface area contributed by atoms with Gasteiger partial charge in [0.2, 0.25) is 0 Å². The van der Waals surface area contributed by atoms with Gasteiger partial charge < -0.3 is 14.8 Å². The number of aryl methyl sites for hydroxylation is 1. The highest BCUT2D eigenvalue weighted by atomic mass is 16.5. The zero-order chi connectivity index (χ0) is 10.8. The van der Waals surface area contributed by atoms with Gasteiger partial charge in [-0.25, -0.2) is 0 Å². The summed E-state index contributed by atoms with van der Waals surface area (Å²) >= 11 is 0. The number of hydrogen-bond donors (Lipinski definition) is 1. The Morgan fingerprint density at radius 2 is 1.73 bits per heavy atom. The molecule has 0 spiro atoms. The highest BCUT2D eigenvalue weighted by molar-refractivity contribution is 5.50. The van der Waals surface area contributed by atoms with Gasteiger partial charge in [0.15, 0.2) is 0 Å². The molecular weight excluding hydrogens is 190 g/mol. The van der Waals surface area contributed by atoms with E-state index < -0.39 is 0 Å². The molecule has 1 N–H and O–H groups in total. The first kappa shape index (κ1) is 10.3. The first-order valence-corrected chi connectivity index (χ1v) is 5.22. The van der Waals surface area contributed by atoms with Crippen LogP contribution in [0.5, 0.6) is 11.5 Å². The van der Waals surface area contributed by atoms with Gasteiger partial charge in [-0.15, -0.1) is 0 Å². The summed E-state index contributed by atoms with van der Waals surface area (Å²) < 4.78 is 10.8. The molecule has 1 aliphatic rings. The summed E-state index contributed by atoms with van der Waals surface area (Å²) in [5.41, 5.74) is 2.31. The second kappa shape index (κ2) is 4.11. The van der Waals surface area contributed by atoms with E-state index in [9.17, 15) is 0 Å². The molecule has 1 aromatic rings. The lowest BCUT2D eigenvalue weighted by molar-refractivity contribution is 0.330. The normalized spacial score (nSPS) is 19.5. The number of nitrogens with one attached hydrogen (secondary N) is 1. The van der Waals surface area contributed by atoms with Gasteiger partial charge in [-0.3, -0.25) is 0 Å². The van der Waals surface area contributed by atoms with Crippen molar-refractivity contribution in [1.82, 2.24) is 5.32 Å². The summed E-state index contributed by atoms with van der Waals surface area (Å²) in [5, 5.41) is 3.37. The van der Waals surface area contributed by atoms with Crippen molar-refractivity contribution in [2.24, 2.45) is 0 Å². The van der Waals surface area contributed by atoms with E-state index in [1.165, 1.54) is 0 Å². The highest BCUT2D eigenvalue weighted by Gasteiger charge is 2.25. The lowest BCUT2D eigenvalue weighted by atomic mass is 9.95. The van der Waals surface area contributed by atoms with Crippen molar-refractivity contribution in [3.63, 3.8) is 0 Å². The molecule has 0 bridgehead atoms. The third kappa shape index (κ3) is 1.79. The van der Waals surface area contributed by atoms with Crippen LogP contribution < -0.4 is 14.8 Å². The van der Waals surface area contributed by atoms with Crippen LogP contribution >= 0.6 is 0 Å². The minimum absolute atomic E-state index is 0.385. The quantitative estimate of drug-likeness (QED) is 0.822. The number of hydrogen-bond acceptors (Lipinski definition) is 3. The predicted octanol–water partition coefficient (Wildman–Crippen LogP) is 2.05. The van der Waals surface area contributed by atoms with Gasteiger partial charge in [0.05, 0.1) is 19.8 Å². The largest absolute Gasteiger partial charge is 0.496 e. The van der Waals surface area contributed by atoms with Crippen molar-refractivity contribution in [1.29, 1.82) is 0 Å². The fourth-order valence-electron chi connectivity index (χ4n) is 1.95. The van der Waals surface area contributed by atoms with Crippen LogP contribution in [-0.4, -0.2) is 20.8 Å². The van der Waals surface area contributed by atoms with Crippen LogP contribution in [0.2, 0.25) is 0 Å². The molecule has 15 heavy (non-hydrogen) atoms. The van der Waals surface area contributed by atoms with Crippen molar-refractivity contribution in [3.05, 3.63) is 23.3 Å². The molecule has 2 rings (SSSR count). The number of benzene rings is 1. The molecule has 1 saturated heterocycles. The maximum atomic E-state index is 5.41. The molecule has 1 fully saturated rings. The third-order valence-corrected chi connectivity index (χ3v) is 2.86. The predicted molar refractivity (Wildman–Crippen MR) is 59.6 cm³/mol. The van der Waals surface area contributed by atoms with E-state index in [2.05, 4.69) is 17.4 Å². The summed E-state index contributed by atoms with van der Waals surface area (Å²) in [5.74, 6) is 1.84. The van der Waals surface area contributed by atoms with E-state index in [0.717, 1.165) is 35.6 Å². The van der Waals surface area contributed by atoms with E-state index in [1.807, 2.05) is 6.92 Å². The van der Waals surface area contributed by atoms with Gasteiger partial charge in [0, 0.05) is 6.04 Å². The van der Waals surface area contributed by atoms with Crippen molar-refractivity contribution in [3.8, 4) is 11.5 Å². The summed E-state index contributed by atoms with van der Waals surface area (Å²) in [7, 11) is 3.41. The summed E-state index contributed by atoms with van der Waals surface area (Å²) in [6, 6.07) is 4.49. The topological polar surface area (TPSA) is 30.5 Å². The molecule has 1 atom stereocenters. The van der Waals surface area contributed by atoms with Crippen molar-refractivity contribution in [2.75, 3.05) is 20.8 Å². The Morgan fingerprint density at radius 3 is 2.07 bits per heavy atom. The maximum Gasteiger partial charge on any atom is 0.127 e. The van der Waals surface area contributed by atoms with Crippen LogP contribution in [0.1, 0.15) is 23.6 Å². The Hall–Kier alpha value is -1.22. The lowest BCUT2D eigenvalue weighted by Gasteiger charge is -2.30. The van der Waals surface area contributed by atoms with Gasteiger partial charge in [-0.1, -0.05) is 0 Å². The summed E-state index contributed by atoms with van der Waals surface area (Å²) in [6.07, 6.45) is 1.15. The molecule has 1 heterocycles. The fraction of sp³-hybridized carbons (Fsp3) is 0.500. The molecule has 0 aliphatic carbocycles. The molecule has 1 aromatic carbocycles. The van der Waals surface area contributed by atoms with E-state index in [-0.39, 0.29) is 0 Å². The number of methoxy groups -OCH3 is 2. The zero-order valence-electron chi connectivity index (χ0n) is 9.46. The second-order valence-electron chi connectivity index (χ2n) is 3.88. The summed E-state index contributed by atoms with van der Waals surface area (Å²) in [4.78, 5) is 0. The fourth-order valence-corrected chi connectivity index (χ4v) is 1.95. The van der Waals surface area contributed by atoms with Crippen LogP contribution in [0, 0.1) is 6.92 Å². The van der Waals surface area contributed by atoms with Crippen molar-refractivity contribution in [2.45, 2.75) is 19.4 Å². The van der Waals surface area contributed by atoms with E-state index in [1.54, 1.807) is 14.2 Å². The van der Waals surface area contributed by atoms with Crippen LogP contribution in [0.3, 0.4) is 0 Å². The van der Waals surface area contributed by atoms with Crippen LogP contribution in [0.4, 0.5) is 0 Å². The molecule has 1 aliphatic heterocycles. The Bertz CT molecular complexity index is 334. The second-order valence-corrected chi connectivity index (χ2v) is 3.88. The molecule has 0 saturated carbocycles. The molecular formula is C12H17NO2. The Morgan fingerprint density at radius 1 is 1.20 bits per heavy atom. The average molecular weight is 207 g/mol. The average Bonchev–Trinajstić information content (AvgIpc) is 2.17. The first-order valence-electron chi connectivity index (χ1n) is 5.22. The minimum Gasteiger partial charge on any atom is -0.496 e. The smallest absolute Gasteiger partial charge is 0.127 e. The molecule has 0 amide bonds. The summed E-state index contributed by atoms with van der Waals surface area (Å²) in [6.45, 7) is 3.12. The monoisotopic (exact) mass is 207 g/mol. The van der Waals surface area contributed by atoms with Crippen LogP contribution in [0.25, 0.3) is 0 Å². The van der Waals surface area contributed by atoms with E-state index in [4.69, 9.17) is 9.47 Å². The highest BCUT2D eigenvalue weighted by Crippen LogP contribution is 2.39. The third-order valence-electron chi connectivity index (χ3n) is 2.86. The maximum absolute atomic E-state index is 5.41. The van der Waals surface area contributed by atoms with Gasteiger partial charge in [0.1, 0.15) is 11.5 Å². The van der Waals surface area contributed by atoms with Crippen LogP contribution in [0.15, 0.2) is 12.1 Å². The van der Waals surface area contributed by atoms with Crippen LogP contribution in [-0.2, 0) is 0 Å². The number of ether oxygens (including phenoxy) is 2. The standard InChI is InChI=1S/C12H17NO2/c1-8-6-10(14-2)12(9-4-5-13-9)11(7-8)15-3/h6-7,9,13H,4-5H2,1-3H3/t9-/m1/s1. The van der Waals surface area contributed by atoms with Gasteiger partial charge in [0.25, 0.3) is 0 Å². The van der Waals surface area contributed by atoms with E-state index >= 15 is 0 Å². The molecule has 0 aromatic heterocycles. The van der Waals surface area contributed by atoms with Gasteiger partial charge >= 0.3 is 0 Å². The number of rotatable bonds is 3. The molecule has 82 valence electrons. The molecule has 3 nitrogen and oxygen atoms in total. The molecule has 0 unspecified atom stereocenters. The van der Waals surface area contributed by atoms with E-state index in [0.29, 0.717) is 6.04 Å². The van der Waals surface area contributed by atoms with Gasteiger partial charge in [-0.05, 0) is 37.6 Å². The lowest BCUT2D eigenvalue weighted by Crippen LogP contribution is -2.35. The Kier molecular flexibility index (Phi) is 2.82. The Labute approximate surface area is 90.4 Å². The minimum atomic E-state index is 0.385. The molecule has 0 radical (unpaired) electrons. The molecule has 3 heteroatoms. The first-order chi connectivity index (χ1) is 7.26.